The molecule has 10 heteroatoms. The number of carbonyl (C=O) groups is 2. The second kappa shape index (κ2) is 8.17. The van der Waals surface area contributed by atoms with Crippen molar-refractivity contribution in [3.63, 3.8) is 0 Å². The largest absolute Gasteiger partial charge is 0.384 e. The van der Waals surface area contributed by atoms with Gasteiger partial charge < -0.3 is 25.0 Å². The predicted molar refractivity (Wildman–Crippen MR) is 104 cm³/mol. The topological polar surface area (TPSA) is 120 Å². The van der Waals surface area contributed by atoms with Crippen molar-refractivity contribution in [3.8, 4) is 0 Å². The minimum absolute atomic E-state index is 0.0567. The number of halogens is 1. The number of nitrogens with one attached hydrogen (secondary N) is 2. The number of H-pyrrole nitrogens is 1. The summed E-state index contributed by atoms with van der Waals surface area (Å²) in [5, 5.41) is 14.1. The molecule has 3 heterocycles. The summed E-state index contributed by atoms with van der Waals surface area (Å²) < 4.78 is 19.4. The van der Waals surface area contributed by atoms with Gasteiger partial charge in [0.1, 0.15) is 22.8 Å². The smallest absolute Gasteiger partial charge is 0.271 e. The van der Waals surface area contributed by atoms with E-state index >= 15 is 0 Å². The molecule has 2 aromatic heterocycles. The average molecular weight is 413 g/mol. The van der Waals surface area contributed by atoms with Crippen LogP contribution in [0.4, 0.5) is 4.39 Å². The van der Waals surface area contributed by atoms with Gasteiger partial charge in [0, 0.05) is 24.3 Å². The van der Waals surface area contributed by atoms with Gasteiger partial charge in [0.2, 0.25) is 0 Å². The van der Waals surface area contributed by atoms with Crippen LogP contribution < -0.4 is 5.32 Å². The second-order valence-corrected chi connectivity index (χ2v) is 7.16. The highest BCUT2D eigenvalue weighted by Crippen LogP contribution is 2.21. The molecule has 2 amide bonds. The second-order valence-electron chi connectivity index (χ2n) is 7.16. The summed E-state index contributed by atoms with van der Waals surface area (Å²) in [5.41, 5.74) is -0.925. The molecule has 1 fully saturated rings. The van der Waals surface area contributed by atoms with E-state index in [1.807, 2.05) is 0 Å². The van der Waals surface area contributed by atoms with E-state index < -0.39 is 23.2 Å². The van der Waals surface area contributed by atoms with Crippen molar-refractivity contribution in [1.82, 2.24) is 25.2 Å². The predicted octanol–water partition coefficient (Wildman–Crippen LogP) is 0.730. The van der Waals surface area contributed by atoms with E-state index in [4.69, 9.17) is 4.74 Å². The van der Waals surface area contributed by atoms with Gasteiger partial charge in [-0.25, -0.2) is 9.37 Å². The SMILES string of the molecule is O=C(NCC1(O)COCCN(C(=O)c2cc3cccc(F)c3[nH]2)C1)c1cnccn1. The van der Waals surface area contributed by atoms with Gasteiger partial charge in [0.05, 0.1) is 38.0 Å². The molecule has 1 saturated heterocycles. The molecular weight excluding hydrogens is 393 g/mol. The lowest BCUT2D eigenvalue weighted by atomic mass is 10.0. The van der Waals surface area contributed by atoms with Crippen molar-refractivity contribution in [3.05, 3.63) is 60.1 Å². The van der Waals surface area contributed by atoms with E-state index in [-0.39, 0.29) is 49.8 Å². The number of aromatic nitrogens is 3. The first-order valence-corrected chi connectivity index (χ1v) is 9.36. The number of hydrogen-bond acceptors (Lipinski definition) is 6. The lowest BCUT2D eigenvalue weighted by Crippen LogP contribution is -2.53. The molecule has 0 spiro atoms. The van der Waals surface area contributed by atoms with Crippen molar-refractivity contribution in [2.75, 3.05) is 32.8 Å². The fourth-order valence-electron chi connectivity index (χ4n) is 3.35. The van der Waals surface area contributed by atoms with E-state index in [9.17, 15) is 19.1 Å². The molecule has 1 unspecified atom stereocenters. The third kappa shape index (κ3) is 4.14. The van der Waals surface area contributed by atoms with Crippen LogP contribution in [0.15, 0.2) is 42.9 Å². The summed E-state index contributed by atoms with van der Waals surface area (Å²) in [7, 11) is 0. The molecule has 4 rings (SSSR count). The highest BCUT2D eigenvalue weighted by atomic mass is 19.1. The number of amides is 2. The molecular formula is C20H20FN5O4. The molecule has 30 heavy (non-hydrogen) atoms. The number of rotatable bonds is 4. The molecule has 1 atom stereocenters. The third-order valence-electron chi connectivity index (χ3n) is 4.86. The molecule has 0 aliphatic carbocycles. The first-order chi connectivity index (χ1) is 14.5. The molecule has 0 radical (unpaired) electrons. The molecule has 3 N–H and O–H groups in total. The van der Waals surface area contributed by atoms with E-state index in [1.165, 1.54) is 29.6 Å². The Kier molecular flexibility index (Phi) is 5.42. The zero-order valence-corrected chi connectivity index (χ0v) is 16.0. The van der Waals surface area contributed by atoms with Crippen LogP contribution in [0.5, 0.6) is 0 Å². The van der Waals surface area contributed by atoms with Gasteiger partial charge in [-0.3, -0.25) is 14.6 Å². The zero-order valence-electron chi connectivity index (χ0n) is 16.0. The third-order valence-corrected chi connectivity index (χ3v) is 4.86. The normalized spacial score (nSPS) is 19.5. The number of nitrogens with zero attached hydrogens (tertiary/aromatic N) is 3. The molecule has 3 aromatic rings. The summed E-state index contributed by atoms with van der Waals surface area (Å²) in [6, 6.07) is 6.15. The molecule has 1 aliphatic heterocycles. The van der Waals surface area contributed by atoms with Crippen molar-refractivity contribution in [2.45, 2.75) is 5.60 Å². The number of carbonyl (C=O) groups excluding carboxylic acids is 2. The van der Waals surface area contributed by atoms with Crippen molar-refractivity contribution >= 4 is 22.7 Å². The van der Waals surface area contributed by atoms with Gasteiger partial charge in [-0.2, -0.15) is 0 Å². The molecule has 9 nitrogen and oxygen atoms in total. The van der Waals surface area contributed by atoms with Gasteiger partial charge in [-0.05, 0) is 12.1 Å². The average Bonchev–Trinajstić information content (AvgIpc) is 3.10. The van der Waals surface area contributed by atoms with Crippen molar-refractivity contribution in [2.24, 2.45) is 0 Å². The Balaban J connectivity index is 1.48. The summed E-state index contributed by atoms with van der Waals surface area (Å²) in [5.74, 6) is -1.34. The Hall–Kier alpha value is -3.37. The lowest BCUT2D eigenvalue weighted by Gasteiger charge is -2.30. The quantitative estimate of drug-likeness (QED) is 0.580. The maximum Gasteiger partial charge on any atom is 0.271 e. The number of fused-ring (bicyclic) bond motifs is 1. The minimum atomic E-state index is -1.50. The lowest BCUT2D eigenvalue weighted by molar-refractivity contribution is -0.0324. The number of β-amino-alcohol motifs (C(OH)–C–C–N with tert-alkyl or cyclic N) is 1. The van der Waals surface area contributed by atoms with Gasteiger partial charge in [-0.15, -0.1) is 0 Å². The van der Waals surface area contributed by atoms with Crippen LogP contribution in [0, 0.1) is 5.82 Å². The highest BCUT2D eigenvalue weighted by Gasteiger charge is 2.35. The van der Waals surface area contributed by atoms with Gasteiger partial charge in [0.15, 0.2) is 0 Å². The first-order valence-electron chi connectivity index (χ1n) is 9.36. The summed E-state index contributed by atoms with van der Waals surface area (Å²) >= 11 is 0. The summed E-state index contributed by atoms with van der Waals surface area (Å²) in [4.78, 5) is 37.1. The van der Waals surface area contributed by atoms with E-state index in [2.05, 4.69) is 20.3 Å². The monoisotopic (exact) mass is 413 g/mol. The molecule has 1 aliphatic rings. The number of para-hydroxylation sites is 1. The van der Waals surface area contributed by atoms with E-state index in [0.717, 1.165) is 0 Å². The maximum atomic E-state index is 13.9. The number of ether oxygens (including phenoxy) is 1. The molecule has 0 saturated carbocycles. The maximum absolute atomic E-state index is 13.9. The number of hydrogen-bond donors (Lipinski definition) is 3. The van der Waals surface area contributed by atoms with Gasteiger partial charge in [-0.1, -0.05) is 12.1 Å². The number of aromatic amines is 1. The van der Waals surface area contributed by atoms with Crippen LogP contribution >= 0.6 is 0 Å². The summed E-state index contributed by atoms with van der Waals surface area (Å²) in [6.07, 6.45) is 4.15. The van der Waals surface area contributed by atoms with E-state index in [1.54, 1.807) is 18.2 Å². The Morgan fingerprint density at radius 2 is 2.23 bits per heavy atom. The fraction of sp³-hybridized carbons (Fsp3) is 0.300. The standard InChI is InChI=1S/C20H20FN5O4/c21-14-3-1-2-13-8-15(25-17(13)14)19(28)26-6-7-30-12-20(29,11-26)10-24-18(27)16-9-22-4-5-23-16/h1-5,8-9,25,29H,6-7,10-12H2,(H,24,27). The molecule has 156 valence electrons. The van der Waals surface area contributed by atoms with Crippen LogP contribution in [0.2, 0.25) is 0 Å². The van der Waals surface area contributed by atoms with Crippen molar-refractivity contribution < 1.29 is 23.8 Å². The van der Waals surface area contributed by atoms with Crippen LogP contribution in [0.25, 0.3) is 10.9 Å². The van der Waals surface area contributed by atoms with Crippen LogP contribution in [-0.4, -0.2) is 75.2 Å². The van der Waals surface area contributed by atoms with Gasteiger partial charge >= 0.3 is 0 Å². The first kappa shape index (κ1) is 19.9. The number of benzene rings is 1. The minimum Gasteiger partial charge on any atom is -0.384 e. The fourth-order valence-corrected chi connectivity index (χ4v) is 3.35. The van der Waals surface area contributed by atoms with Crippen molar-refractivity contribution in [1.29, 1.82) is 0 Å². The Bertz CT molecular complexity index is 1070. The Morgan fingerprint density at radius 1 is 1.37 bits per heavy atom. The van der Waals surface area contributed by atoms with Crippen LogP contribution in [0.3, 0.4) is 0 Å². The summed E-state index contributed by atoms with van der Waals surface area (Å²) in [6.45, 7) is 0.203. The Morgan fingerprint density at radius 3 is 3.00 bits per heavy atom. The highest BCUT2D eigenvalue weighted by molar-refractivity contribution is 5.98. The molecule has 1 aromatic carbocycles. The van der Waals surface area contributed by atoms with Gasteiger partial charge in [0.25, 0.3) is 11.8 Å². The Labute approximate surface area is 170 Å². The zero-order chi connectivity index (χ0) is 21.1. The number of aliphatic hydroxyl groups is 1. The van der Waals surface area contributed by atoms with Crippen LogP contribution in [-0.2, 0) is 4.74 Å². The van der Waals surface area contributed by atoms with Crippen LogP contribution in [0.1, 0.15) is 21.0 Å². The van der Waals surface area contributed by atoms with E-state index in [0.29, 0.717) is 5.39 Å². The molecule has 0 bridgehead atoms.